The van der Waals surface area contributed by atoms with Gasteiger partial charge in [-0.3, -0.25) is 4.79 Å². The van der Waals surface area contributed by atoms with E-state index >= 15 is 0 Å². The molecule has 102 valence electrons. The van der Waals surface area contributed by atoms with Crippen molar-refractivity contribution in [3.05, 3.63) is 45.4 Å². The number of esters is 1. The Bertz CT molecular complexity index is 517. The van der Waals surface area contributed by atoms with Crippen molar-refractivity contribution in [2.45, 2.75) is 0 Å². The minimum absolute atomic E-state index is 0.00864. The number of carbonyl (C=O) groups excluding carboxylic acids is 2. The molecule has 1 N–H and O–H groups in total. The summed E-state index contributed by atoms with van der Waals surface area (Å²) in [6.45, 7) is 3.28. The van der Waals surface area contributed by atoms with Gasteiger partial charge >= 0.3 is 5.97 Å². The molecule has 0 aliphatic rings. The highest BCUT2D eigenvalue weighted by molar-refractivity contribution is 6.46. The third-order valence-electron chi connectivity index (χ3n) is 2.03. The fourth-order valence-corrected chi connectivity index (χ4v) is 1.84. The molecule has 0 heterocycles. The Morgan fingerprint density at radius 3 is 2.53 bits per heavy atom. The van der Waals surface area contributed by atoms with Gasteiger partial charge in [-0.25, -0.2) is 4.79 Å². The topological polar surface area (TPSA) is 55.4 Å². The Morgan fingerprint density at radius 2 is 1.89 bits per heavy atom. The lowest BCUT2D eigenvalue weighted by molar-refractivity contribution is -0.124. The number of carbonyl (C=O) groups is 2. The summed E-state index contributed by atoms with van der Waals surface area (Å²) in [5.41, 5.74) is -0.0626. The van der Waals surface area contributed by atoms with E-state index in [-0.39, 0.29) is 27.2 Å². The summed E-state index contributed by atoms with van der Waals surface area (Å²) < 4.78 is 4.79. The molecule has 0 atom stereocenters. The van der Waals surface area contributed by atoms with Gasteiger partial charge in [0.1, 0.15) is 0 Å². The first-order chi connectivity index (χ1) is 8.97. The molecule has 0 unspecified atom stereocenters. The van der Waals surface area contributed by atoms with Gasteiger partial charge in [0, 0.05) is 6.54 Å². The van der Waals surface area contributed by atoms with Gasteiger partial charge in [0.15, 0.2) is 6.61 Å². The Balaban J connectivity index is 2.71. The van der Waals surface area contributed by atoms with Crippen molar-refractivity contribution in [1.82, 2.24) is 5.32 Å². The molecule has 1 rings (SSSR count). The van der Waals surface area contributed by atoms with E-state index in [0.29, 0.717) is 0 Å². The Hall–Kier alpha value is -1.23. The van der Waals surface area contributed by atoms with E-state index in [0.717, 1.165) is 0 Å². The van der Waals surface area contributed by atoms with Crippen molar-refractivity contribution in [3.63, 3.8) is 0 Å². The predicted molar refractivity (Wildman–Crippen MR) is 75.0 cm³/mol. The van der Waals surface area contributed by atoms with Crippen LogP contribution < -0.4 is 5.32 Å². The predicted octanol–water partition coefficient (Wildman–Crippen LogP) is 3.11. The Morgan fingerprint density at radius 1 is 1.26 bits per heavy atom. The lowest BCUT2D eigenvalue weighted by Crippen LogP contribution is -2.28. The zero-order valence-electron chi connectivity index (χ0n) is 9.71. The van der Waals surface area contributed by atoms with Crippen molar-refractivity contribution in [2.75, 3.05) is 13.2 Å². The van der Waals surface area contributed by atoms with Gasteiger partial charge in [-0.15, -0.1) is 6.58 Å². The number of ether oxygens (including phenoxy) is 1. The number of rotatable bonds is 5. The molecule has 1 aromatic rings. The Kier molecular flexibility index (Phi) is 6.15. The molecule has 0 fully saturated rings. The van der Waals surface area contributed by atoms with Crippen molar-refractivity contribution >= 4 is 46.7 Å². The summed E-state index contributed by atoms with van der Waals surface area (Å²) in [5, 5.41) is 2.72. The fourth-order valence-electron chi connectivity index (χ4n) is 1.15. The zero-order chi connectivity index (χ0) is 14.4. The standard InChI is InChI=1S/C12H10Cl3NO3/c1-2-5-16-9(17)6-19-12(18)10-7(13)3-4-8(14)11(10)15/h2-4H,1,5-6H2,(H,16,17). The van der Waals surface area contributed by atoms with Gasteiger partial charge in [0.2, 0.25) is 0 Å². The maximum atomic E-state index is 11.8. The molecule has 0 aromatic heterocycles. The highest BCUT2D eigenvalue weighted by atomic mass is 35.5. The molecule has 19 heavy (non-hydrogen) atoms. The van der Waals surface area contributed by atoms with Crippen LogP contribution in [0.25, 0.3) is 0 Å². The first-order valence-electron chi connectivity index (χ1n) is 5.15. The third kappa shape index (κ3) is 4.42. The smallest absolute Gasteiger partial charge is 0.341 e. The van der Waals surface area contributed by atoms with Crippen molar-refractivity contribution in [2.24, 2.45) is 0 Å². The molecule has 0 radical (unpaired) electrons. The van der Waals surface area contributed by atoms with Crippen LogP contribution >= 0.6 is 34.8 Å². The summed E-state index contributed by atoms with van der Waals surface area (Å²) in [6, 6.07) is 2.88. The summed E-state index contributed by atoms with van der Waals surface area (Å²) in [4.78, 5) is 23.0. The number of amides is 1. The van der Waals surface area contributed by atoms with Gasteiger partial charge in [0.25, 0.3) is 5.91 Å². The van der Waals surface area contributed by atoms with Gasteiger partial charge in [-0.05, 0) is 12.1 Å². The van der Waals surface area contributed by atoms with Crippen LogP contribution in [0.2, 0.25) is 15.1 Å². The van der Waals surface area contributed by atoms with Crippen LogP contribution in [-0.2, 0) is 9.53 Å². The van der Waals surface area contributed by atoms with Crippen molar-refractivity contribution in [1.29, 1.82) is 0 Å². The highest BCUT2D eigenvalue weighted by Crippen LogP contribution is 2.31. The van der Waals surface area contributed by atoms with E-state index in [9.17, 15) is 9.59 Å². The quantitative estimate of drug-likeness (QED) is 0.515. The Labute approximate surface area is 125 Å². The number of nitrogens with one attached hydrogen (secondary N) is 1. The molecule has 0 saturated heterocycles. The second-order valence-corrected chi connectivity index (χ2v) is 4.58. The van der Waals surface area contributed by atoms with Crippen molar-refractivity contribution in [3.8, 4) is 0 Å². The van der Waals surface area contributed by atoms with Crippen LogP contribution in [0.1, 0.15) is 10.4 Å². The molecule has 0 bridgehead atoms. The summed E-state index contributed by atoms with van der Waals surface area (Å²) in [5.74, 6) is -1.27. The number of hydrogen-bond acceptors (Lipinski definition) is 3. The second-order valence-electron chi connectivity index (χ2n) is 3.39. The first-order valence-corrected chi connectivity index (χ1v) is 6.29. The van der Waals surface area contributed by atoms with E-state index in [1.54, 1.807) is 0 Å². The van der Waals surface area contributed by atoms with E-state index in [1.165, 1.54) is 18.2 Å². The third-order valence-corrected chi connectivity index (χ3v) is 3.15. The molecule has 4 nitrogen and oxygen atoms in total. The number of hydrogen-bond donors (Lipinski definition) is 1. The van der Waals surface area contributed by atoms with Gasteiger partial charge < -0.3 is 10.1 Å². The molecular weight excluding hydrogens is 312 g/mol. The summed E-state index contributed by atoms with van der Waals surface area (Å²) >= 11 is 17.5. The van der Waals surface area contributed by atoms with Crippen LogP contribution in [0.3, 0.4) is 0 Å². The maximum Gasteiger partial charge on any atom is 0.341 e. The van der Waals surface area contributed by atoms with E-state index in [1.807, 2.05) is 0 Å². The molecule has 0 aliphatic heterocycles. The molecule has 0 spiro atoms. The number of benzene rings is 1. The molecule has 1 aromatic carbocycles. The van der Waals surface area contributed by atoms with Gasteiger partial charge in [0.05, 0.1) is 20.6 Å². The van der Waals surface area contributed by atoms with Crippen LogP contribution in [0, 0.1) is 0 Å². The average Bonchev–Trinajstić information content (AvgIpc) is 2.38. The lowest BCUT2D eigenvalue weighted by atomic mass is 10.2. The molecule has 0 aliphatic carbocycles. The minimum atomic E-state index is -0.814. The molecule has 0 saturated carbocycles. The van der Waals surface area contributed by atoms with Crippen LogP contribution in [0.4, 0.5) is 0 Å². The monoisotopic (exact) mass is 321 g/mol. The molecule has 1 amide bonds. The molecular formula is C12H10Cl3NO3. The van der Waals surface area contributed by atoms with Gasteiger partial charge in [-0.2, -0.15) is 0 Å². The van der Waals surface area contributed by atoms with Crippen LogP contribution in [0.5, 0.6) is 0 Å². The largest absolute Gasteiger partial charge is 0.452 e. The lowest BCUT2D eigenvalue weighted by Gasteiger charge is -2.08. The van der Waals surface area contributed by atoms with Crippen LogP contribution in [0.15, 0.2) is 24.8 Å². The highest BCUT2D eigenvalue weighted by Gasteiger charge is 2.19. The van der Waals surface area contributed by atoms with E-state index < -0.39 is 18.5 Å². The summed E-state index contributed by atoms with van der Waals surface area (Å²) in [6.07, 6.45) is 1.50. The van der Waals surface area contributed by atoms with E-state index in [4.69, 9.17) is 39.5 Å². The average molecular weight is 323 g/mol. The maximum absolute atomic E-state index is 11.8. The second kappa shape index (κ2) is 7.38. The SMILES string of the molecule is C=CCNC(=O)COC(=O)c1c(Cl)ccc(Cl)c1Cl. The summed E-state index contributed by atoms with van der Waals surface area (Å²) in [7, 11) is 0. The fraction of sp³-hybridized carbons (Fsp3) is 0.167. The molecule has 7 heteroatoms. The minimum Gasteiger partial charge on any atom is -0.452 e. The van der Waals surface area contributed by atoms with Gasteiger partial charge in [-0.1, -0.05) is 40.9 Å². The van der Waals surface area contributed by atoms with Crippen molar-refractivity contribution < 1.29 is 14.3 Å². The van der Waals surface area contributed by atoms with Crippen LogP contribution in [-0.4, -0.2) is 25.0 Å². The zero-order valence-corrected chi connectivity index (χ0v) is 12.0. The normalized spacial score (nSPS) is 9.84. The van der Waals surface area contributed by atoms with E-state index in [2.05, 4.69) is 11.9 Å². The first kappa shape index (κ1) is 15.8. The number of halogens is 3.